The van der Waals surface area contributed by atoms with E-state index in [1.54, 1.807) is 11.8 Å². The number of hydrogen-bond donors (Lipinski definition) is 1. The van der Waals surface area contributed by atoms with E-state index < -0.39 is 0 Å². The van der Waals surface area contributed by atoms with E-state index in [0.29, 0.717) is 0 Å². The van der Waals surface area contributed by atoms with E-state index in [-0.39, 0.29) is 11.9 Å². The Hall–Kier alpha value is -2.55. The maximum Gasteiger partial charge on any atom is 0.228 e. The molecule has 0 fully saturated rings. The molecule has 3 nitrogen and oxygen atoms in total. The summed E-state index contributed by atoms with van der Waals surface area (Å²) < 4.78 is 0. The average molecular weight is 278 g/mol. The van der Waals surface area contributed by atoms with Gasteiger partial charge in [0, 0.05) is 29.9 Å². The molecule has 21 heavy (non-hydrogen) atoms. The fourth-order valence-electron chi connectivity index (χ4n) is 2.71. The van der Waals surface area contributed by atoms with Crippen molar-refractivity contribution >= 4 is 23.0 Å². The molecule has 1 unspecified atom stereocenters. The van der Waals surface area contributed by atoms with Crippen molar-refractivity contribution in [2.24, 2.45) is 0 Å². The fourth-order valence-corrected chi connectivity index (χ4v) is 2.71. The average Bonchev–Trinajstić information content (AvgIpc) is 2.48. The number of para-hydroxylation sites is 2. The Morgan fingerprint density at radius 3 is 2.43 bits per heavy atom. The summed E-state index contributed by atoms with van der Waals surface area (Å²) in [5, 5.41) is 3.42. The largest absolute Gasteiger partial charge is 0.378 e. The van der Waals surface area contributed by atoms with Gasteiger partial charge in [0.2, 0.25) is 5.91 Å². The molecule has 1 aliphatic heterocycles. The van der Waals surface area contributed by atoms with Crippen molar-refractivity contribution in [1.29, 1.82) is 0 Å². The molecule has 0 bridgehead atoms. The lowest BCUT2D eigenvalue weighted by atomic mass is 10.0. The van der Waals surface area contributed by atoms with Gasteiger partial charge in [-0.3, -0.25) is 9.69 Å². The molecule has 3 heteroatoms. The minimum absolute atomic E-state index is 0.0105. The van der Waals surface area contributed by atoms with Crippen molar-refractivity contribution in [3.63, 3.8) is 0 Å². The monoisotopic (exact) mass is 278 g/mol. The lowest BCUT2D eigenvalue weighted by Crippen LogP contribution is -2.31. The van der Waals surface area contributed by atoms with Crippen LogP contribution in [0.1, 0.15) is 19.4 Å². The zero-order valence-corrected chi connectivity index (χ0v) is 12.2. The Labute approximate surface area is 124 Å². The minimum Gasteiger partial charge on any atom is -0.378 e. The van der Waals surface area contributed by atoms with Gasteiger partial charge in [-0.2, -0.15) is 0 Å². The van der Waals surface area contributed by atoms with Crippen LogP contribution >= 0.6 is 0 Å². The van der Waals surface area contributed by atoms with E-state index in [0.717, 1.165) is 22.6 Å². The highest BCUT2D eigenvalue weighted by Gasteiger charge is 2.24. The van der Waals surface area contributed by atoms with Crippen LogP contribution in [-0.4, -0.2) is 11.9 Å². The number of fused-ring (bicyclic) bond motifs is 1. The van der Waals surface area contributed by atoms with Gasteiger partial charge in [-0.1, -0.05) is 36.4 Å². The molecular weight excluding hydrogens is 260 g/mol. The number of hydrogen-bond acceptors (Lipinski definition) is 2. The van der Waals surface area contributed by atoms with Gasteiger partial charge in [0.05, 0.1) is 5.70 Å². The molecule has 106 valence electrons. The number of amides is 1. The van der Waals surface area contributed by atoms with Crippen LogP contribution in [0.5, 0.6) is 0 Å². The van der Waals surface area contributed by atoms with Crippen LogP contribution in [0.15, 0.2) is 60.7 Å². The van der Waals surface area contributed by atoms with Gasteiger partial charge in [-0.05, 0) is 31.2 Å². The van der Waals surface area contributed by atoms with Crippen LogP contribution in [0.4, 0.5) is 11.4 Å². The molecule has 0 aromatic heterocycles. The van der Waals surface area contributed by atoms with E-state index in [4.69, 9.17) is 0 Å². The second-order valence-corrected chi connectivity index (χ2v) is 5.22. The normalized spacial score (nSPS) is 16.5. The van der Waals surface area contributed by atoms with E-state index in [9.17, 15) is 4.79 Å². The minimum atomic E-state index is 0.0105. The summed E-state index contributed by atoms with van der Waals surface area (Å²) in [5.74, 6) is 0.0105. The van der Waals surface area contributed by atoms with Crippen molar-refractivity contribution in [3.05, 3.63) is 66.2 Å². The third-order valence-corrected chi connectivity index (χ3v) is 3.56. The number of nitrogens with zero attached hydrogens (tertiary/aromatic N) is 1. The molecule has 1 N–H and O–H groups in total. The lowest BCUT2D eigenvalue weighted by Gasteiger charge is -2.31. The Balaban J connectivity index is 2.13. The van der Waals surface area contributed by atoms with Crippen LogP contribution < -0.4 is 10.2 Å². The van der Waals surface area contributed by atoms with E-state index in [1.165, 1.54) is 0 Å². The molecule has 1 aliphatic rings. The SMILES string of the molecule is CC(=O)N(C1=CC(C)Nc2ccccc21)c1ccccc1. The molecule has 2 aromatic rings. The molecule has 3 rings (SSSR count). The van der Waals surface area contributed by atoms with Crippen LogP contribution in [0.25, 0.3) is 5.70 Å². The first kappa shape index (κ1) is 13.4. The number of carbonyl (C=O) groups is 1. The second kappa shape index (κ2) is 5.44. The molecule has 0 radical (unpaired) electrons. The van der Waals surface area contributed by atoms with Crippen LogP contribution in [0, 0.1) is 0 Å². The first-order chi connectivity index (χ1) is 10.2. The smallest absolute Gasteiger partial charge is 0.228 e. The third kappa shape index (κ3) is 2.55. The molecule has 1 atom stereocenters. The predicted molar refractivity (Wildman–Crippen MR) is 87.1 cm³/mol. The Morgan fingerprint density at radius 2 is 1.71 bits per heavy atom. The predicted octanol–water partition coefficient (Wildman–Crippen LogP) is 3.89. The third-order valence-electron chi connectivity index (χ3n) is 3.56. The van der Waals surface area contributed by atoms with Gasteiger partial charge < -0.3 is 5.32 Å². The fraction of sp³-hybridized carbons (Fsp3) is 0.167. The first-order valence-corrected chi connectivity index (χ1v) is 7.10. The Bertz CT molecular complexity index is 691. The standard InChI is InChI=1S/C18H18N2O/c1-13-12-18(16-10-6-7-11-17(16)19-13)20(14(2)21)15-8-4-3-5-9-15/h3-13,19H,1-2H3. The van der Waals surface area contributed by atoms with Crippen molar-refractivity contribution in [3.8, 4) is 0 Å². The molecule has 0 aliphatic carbocycles. The summed E-state index contributed by atoms with van der Waals surface area (Å²) >= 11 is 0. The quantitative estimate of drug-likeness (QED) is 0.903. The molecule has 0 saturated carbocycles. The van der Waals surface area contributed by atoms with Gasteiger partial charge in [0.25, 0.3) is 0 Å². The second-order valence-electron chi connectivity index (χ2n) is 5.22. The van der Waals surface area contributed by atoms with Crippen LogP contribution in [0.3, 0.4) is 0 Å². The van der Waals surface area contributed by atoms with Crippen molar-refractivity contribution < 1.29 is 4.79 Å². The lowest BCUT2D eigenvalue weighted by molar-refractivity contribution is -0.115. The molecule has 2 aromatic carbocycles. The number of benzene rings is 2. The van der Waals surface area contributed by atoms with Gasteiger partial charge in [-0.15, -0.1) is 0 Å². The number of nitrogens with one attached hydrogen (secondary N) is 1. The summed E-state index contributed by atoms with van der Waals surface area (Å²) in [6.45, 7) is 3.68. The maximum absolute atomic E-state index is 12.2. The number of rotatable bonds is 2. The maximum atomic E-state index is 12.2. The van der Waals surface area contributed by atoms with E-state index in [1.807, 2.05) is 54.6 Å². The van der Waals surface area contributed by atoms with Gasteiger partial charge in [0.15, 0.2) is 0 Å². The first-order valence-electron chi connectivity index (χ1n) is 7.10. The summed E-state index contributed by atoms with van der Waals surface area (Å²) in [4.78, 5) is 14.0. The summed E-state index contributed by atoms with van der Waals surface area (Å²) in [6.07, 6.45) is 2.09. The van der Waals surface area contributed by atoms with Crippen molar-refractivity contribution in [2.75, 3.05) is 10.2 Å². The van der Waals surface area contributed by atoms with Crippen molar-refractivity contribution in [2.45, 2.75) is 19.9 Å². The van der Waals surface area contributed by atoms with Gasteiger partial charge in [0.1, 0.15) is 0 Å². The summed E-state index contributed by atoms with van der Waals surface area (Å²) in [6, 6.07) is 18.0. The Kier molecular flexibility index (Phi) is 3.48. The number of carbonyl (C=O) groups excluding carboxylic acids is 1. The molecule has 1 heterocycles. The van der Waals surface area contributed by atoms with Crippen LogP contribution in [0.2, 0.25) is 0 Å². The molecule has 0 saturated heterocycles. The zero-order valence-electron chi connectivity index (χ0n) is 12.2. The Morgan fingerprint density at radius 1 is 1.05 bits per heavy atom. The zero-order chi connectivity index (χ0) is 14.8. The summed E-state index contributed by atoms with van der Waals surface area (Å²) in [5.41, 5.74) is 3.94. The van der Waals surface area contributed by atoms with Gasteiger partial charge >= 0.3 is 0 Å². The highest BCUT2D eigenvalue weighted by atomic mass is 16.2. The highest BCUT2D eigenvalue weighted by molar-refractivity contribution is 6.06. The van der Waals surface area contributed by atoms with Gasteiger partial charge in [-0.25, -0.2) is 0 Å². The van der Waals surface area contributed by atoms with E-state index in [2.05, 4.69) is 18.3 Å². The van der Waals surface area contributed by atoms with E-state index >= 15 is 0 Å². The molecular formula is C18H18N2O. The van der Waals surface area contributed by atoms with Crippen molar-refractivity contribution in [1.82, 2.24) is 0 Å². The topological polar surface area (TPSA) is 32.3 Å². The number of anilines is 2. The molecule has 1 amide bonds. The van der Waals surface area contributed by atoms with Crippen LogP contribution in [-0.2, 0) is 4.79 Å². The highest BCUT2D eigenvalue weighted by Crippen LogP contribution is 2.34. The molecule has 0 spiro atoms. The summed E-state index contributed by atoms with van der Waals surface area (Å²) in [7, 11) is 0.